The average Bonchev–Trinajstić information content (AvgIpc) is 2.44. The molecule has 0 spiro atoms. The molecule has 1 aliphatic rings. The van der Waals surface area contributed by atoms with Gasteiger partial charge in [-0.05, 0) is 23.6 Å². The lowest BCUT2D eigenvalue weighted by Gasteiger charge is -1.99. The molecular formula is C11H10O. The molecule has 2 rings (SSSR count). The fourth-order valence-corrected chi connectivity index (χ4v) is 1.58. The van der Waals surface area contributed by atoms with Gasteiger partial charge in [0.2, 0.25) is 0 Å². The van der Waals surface area contributed by atoms with Crippen molar-refractivity contribution in [3.05, 3.63) is 41.5 Å². The molecule has 0 atom stereocenters. The predicted molar refractivity (Wildman–Crippen MR) is 49.0 cm³/mol. The van der Waals surface area contributed by atoms with E-state index in [2.05, 4.69) is 6.92 Å². The number of carbonyl (C=O) groups is 1. The zero-order valence-corrected chi connectivity index (χ0v) is 7.00. The van der Waals surface area contributed by atoms with Gasteiger partial charge in [-0.25, -0.2) is 0 Å². The second-order valence-corrected chi connectivity index (χ2v) is 2.93. The number of hydrogen-bond acceptors (Lipinski definition) is 1. The van der Waals surface area contributed by atoms with Crippen LogP contribution in [0.1, 0.15) is 29.3 Å². The van der Waals surface area contributed by atoms with Crippen molar-refractivity contribution < 1.29 is 4.79 Å². The van der Waals surface area contributed by atoms with Gasteiger partial charge in [0.1, 0.15) is 0 Å². The van der Waals surface area contributed by atoms with Gasteiger partial charge in [-0.2, -0.15) is 0 Å². The summed E-state index contributed by atoms with van der Waals surface area (Å²) in [6, 6.07) is 7.77. The highest BCUT2D eigenvalue weighted by Gasteiger charge is 2.18. The topological polar surface area (TPSA) is 17.1 Å². The number of allylic oxidation sites excluding steroid dienone is 2. The summed E-state index contributed by atoms with van der Waals surface area (Å²) in [5, 5.41) is 0. The van der Waals surface area contributed by atoms with Gasteiger partial charge < -0.3 is 0 Å². The molecule has 0 saturated carbocycles. The van der Waals surface area contributed by atoms with Crippen LogP contribution in [0.3, 0.4) is 0 Å². The maximum Gasteiger partial charge on any atom is 0.186 e. The predicted octanol–water partition coefficient (Wildman–Crippen LogP) is 2.68. The number of hydrogen-bond donors (Lipinski definition) is 0. The number of rotatable bonds is 1. The van der Waals surface area contributed by atoms with E-state index in [9.17, 15) is 4.79 Å². The van der Waals surface area contributed by atoms with Crippen LogP contribution in [0.4, 0.5) is 0 Å². The van der Waals surface area contributed by atoms with Crippen molar-refractivity contribution in [2.75, 3.05) is 0 Å². The molecule has 0 fully saturated rings. The SMILES string of the molecule is CCC1=CC(=O)c2ccccc21. The van der Waals surface area contributed by atoms with Gasteiger partial charge >= 0.3 is 0 Å². The molecule has 0 radical (unpaired) electrons. The normalized spacial score (nSPS) is 14.4. The summed E-state index contributed by atoms with van der Waals surface area (Å²) in [6.07, 6.45) is 2.67. The molecule has 0 heterocycles. The van der Waals surface area contributed by atoms with E-state index in [1.807, 2.05) is 24.3 Å². The van der Waals surface area contributed by atoms with Gasteiger partial charge in [0, 0.05) is 5.56 Å². The maximum atomic E-state index is 11.4. The third-order valence-corrected chi connectivity index (χ3v) is 2.22. The first-order chi connectivity index (χ1) is 5.83. The smallest absolute Gasteiger partial charge is 0.186 e. The fourth-order valence-electron chi connectivity index (χ4n) is 1.58. The van der Waals surface area contributed by atoms with Gasteiger partial charge in [0.05, 0.1) is 0 Å². The Hall–Kier alpha value is -1.37. The number of benzene rings is 1. The van der Waals surface area contributed by atoms with Crippen molar-refractivity contribution in [1.82, 2.24) is 0 Å². The molecule has 0 aliphatic heterocycles. The summed E-state index contributed by atoms with van der Waals surface area (Å²) in [6.45, 7) is 2.07. The van der Waals surface area contributed by atoms with Crippen LogP contribution in [0.2, 0.25) is 0 Å². The second kappa shape index (κ2) is 2.59. The van der Waals surface area contributed by atoms with E-state index in [0.29, 0.717) is 0 Å². The number of carbonyl (C=O) groups excluding carboxylic acids is 1. The van der Waals surface area contributed by atoms with Crippen LogP contribution < -0.4 is 0 Å². The lowest BCUT2D eigenvalue weighted by atomic mass is 10.0. The maximum absolute atomic E-state index is 11.4. The molecule has 1 aromatic rings. The van der Waals surface area contributed by atoms with E-state index < -0.39 is 0 Å². The molecular weight excluding hydrogens is 148 g/mol. The first kappa shape index (κ1) is 7.29. The van der Waals surface area contributed by atoms with Crippen molar-refractivity contribution in [3.8, 4) is 0 Å². The average molecular weight is 158 g/mol. The molecule has 0 unspecified atom stereocenters. The summed E-state index contributed by atoms with van der Waals surface area (Å²) in [5.41, 5.74) is 3.13. The highest BCUT2D eigenvalue weighted by Crippen LogP contribution is 2.28. The largest absolute Gasteiger partial charge is 0.289 e. The minimum absolute atomic E-state index is 0.155. The minimum atomic E-state index is 0.155. The molecule has 0 saturated heterocycles. The molecule has 0 aromatic heterocycles. The third kappa shape index (κ3) is 0.900. The first-order valence-electron chi connectivity index (χ1n) is 4.17. The highest BCUT2D eigenvalue weighted by molar-refractivity contribution is 6.16. The summed E-state index contributed by atoms with van der Waals surface area (Å²) >= 11 is 0. The Morgan fingerprint density at radius 3 is 2.50 bits per heavy atom. The highest BCUT2D eigenvalue weighted by atomic mass is 16.1. The molecule has 1 nitrogen and oxygen atoms in total. The Bertz CT molecular complexity index is 361. The van der Waals surface area contributed by atoms with Crippen LogP contribution in [-0.4, -0.2) is 5.78 Å². The lowest BCUT2D eigenvalue weighted by molar-refractivity contribution is 0.105. The summed E-state index contributed by atoms with van der Waals surface area (Å²) in [7, 11) is 0. The molecule has 0 bridgehead atoms. The van der Waals surface area contributed by atoms with E-state index in [1.165, 1.54) is 0 Å². The van der Waals surface area contributed by atoms with Crippen LogP contribution in [0.5, 0.6) is 0 Å². The van der Waals surface area contributed by atoms with Gasteiger partial charge in [-0.15, -0.1) is 0 Å². The fraction of sp³-hybridized carbons (Fsp3) is 0.182. The van der Waals surface area contributed by atoms with E-state index in [4.69, 9.17) is 0 Å². The zero-order valence-electron chi connectivity index (χ0n) is 7.00. The first-order valence-corrected chi connectivity index (χ1v) is 4.17. The molecule has 60 valence electrons. The van der Waals surface area contributed by atoms with Gasteiger partial charge in [0.25, 0.3) is 0 Å². The summed E-state index contributed by atoms with van der Waals surface area (Å²) < 4.78 is 0. The van der Waals surface area contributed by atoms with E-state index in [0.717, 1.165) is 23.1 Å². The number of ketones is 1. The van der Waals surface area contributed by atoms with Crippen LogP contribution in [0.15, 0.2) is 30.3 Å². The van der Waals surface area contributed by atoms with Crippen LogP contribution >= 0.6 is 0 Å². The van der Waals surface area contributed by atoms with Crippen molar-refractivity contribution in [2.24, 2.45) is 0 Å². The third-order valence-electron chi connectivity index (χ3n) is 2.22. The molecule has 1 heteroatoms. The molecule has 0 N–H and O–H groups in total. The van der Waals surface area contributed by atoms with Crippen molar-refractivity contribution in [2.45, 2.75) is 13.3 Å². The van der Waals surface area contributed by atoms with Crippen LogP contribution in [-0.2, 0) is 0 Å². The monoisotopic (exact) mass is 158 g/mol. The Labute approximate surface area is 71.7 Å². The Morgan fingerprint density at radius 1 is 1.17 bits per heavy atom. The van der Waals surface area contributed by atoms with E-state index in [1.54, 1.807) is 6.08 Å². The van der Waals surface area contributed by atoms with Gasteiger partial charge in [-0.3, -0.25) is 4.79 Å². The standard InChI is InChI=1S/C11H10O/c1-2-8-7-11(12)10-6-4-3-5-9(8)10/h3-7H,2H2,1H3. The Morgan fingerprint density at radius 2 is 1.83 bits per heavy atom. The van der Waals surface area contributed by atoms with Crippen LogP contribution in [0, 0.1) is 0 Å². The van der Waals surface area contributed by atoms with Gasteiger partial charge in [0.15, 0.2) is 5.78 Å². The summed E-state index contributed by atoms with van der Waals surface area (Å²) in [4.78, 5) is 11.4. The molecule has 0 amide bonds. The Kier molecular flexibility index (Phi) is 1.58. The Balaban J connectivity index is 2.60. The van der Waals surface area contributed by atoms with Gasteiger partial charge in [-0.1, -0.05) is 31.2 Å². The second-order valence-electron chi connectivity index (χ2n) is 2.93. The van der Waals surface area contributed by atoms with E-state index in [-0.39, 0.29) is 5.78 Å². The van der Waals surface area contributed by atoms with Crippen molar-refractivity contribution in [1.29, 1.82) is 0 Å². The number of fused-ring (bicyclic) bond motifs is 1. The molecule has 1 aliphatic carbocycles. The minimum Gasteiger partial charge on any atom is -0.289 e. The molecule has 12 heavy (non-hydrogen) atoms. The van der Waals surface area contributed by atoms with Crippen molar-refractivity contribution in [3.63, 3.8) is 0 Å². The zero-order chi connectivity index (χ0) is 8.55. The lowest BCUT2D eigenvalue weighted by Crippen LogP contribution is -1.89. The van der Waals surface area contributed by atoms with E-state index >= 15 is 0 Å². The molecule has 1 aromatic carbocycles. The summed E-state index contributed by atoms with van der Waals surface area (Å²) in [5.74, 6) is 0.155. The van der Waals surface area contributed by atoms with Crippen LogP contribution in [0.25, 0.3) is 5.57 Å². The van der Waals surface area contributed by atoms with Crippen molar-refractivity contribution >= 4 is 11.4 Å². The quantitative estimate of drug-likeness (QED) is 0.614.